The van der Waals surface area contributed by atoms with Gasteiger partial charge in [0.05, 0.1) is 12.9 Å². The van der Waals surface area contributed by atoms with E-state index >= 15 is 0 Å². The Kier molecular flexibility index (Phi) is 5.69. The van der Waals surface area contributed by atoms with Gasteiger partial charge in [0.2, 0.25) is 0 Å². The minimum absolute atomic E-state index is 0.0911. The lowest BCUT2D eigenvalue weighted by Gasteiger charge is -2.14. The molecule has 2 aromatic carbocycles. The lowest BCUT2D eigenvalue weighted by molar-refractivity contribution is -0.141. The predicted molar refractivity (Wildman–Crippen MR) is 110 cm³/mol. The normalized spacial score (nSPS) is 12.3. The standard InChI is InChI=1S/C23H16F3N3O3/c24-23(25,26)20-18(21(30)29-13-28-20)10-5-11-27-22(31)32-12-19-16-8-3-1-6-14(16)15-7-2-4-9-17(15)19/h1-4,6-9,13,19H,11-12H2,(H,27,31)(H,28,29,30). The number of fused-ring (bicyclic) bond motifs is 3. The van der Waals surface area contributed by atoms with Gasteiger partial charge in [0.15, 0.2) is 5.69 Å². The predicted octanol–water partition coefficient (Wildman–Crippen LogP) is 3.68. The van der Waals surface area contributed by atoms with Crippen LogP contribution in [0.3, 0.4) is 0 Å². The number of carbonyl (C=O) groups excluding carboxylic acids is 1. The maximum absolute atomic E-state index is 13.0. The maximum Gasteiger partial charge on any atom is 0.434 e. The van der Waals surface area contributed by atoms with Crippen LogP contribution in [0.4, 0.5) is 18.0 Å². The van der Waals surface area contributed by atoms with Crippen molar-refractivity contribution in [2.45, 2.75) is 12.1 Å². The van der Waals surface area contributed by atoms with Gasteiger partial charge in [-0.1, -0.05) is 60.4 Å². The number of rotatable bonds is 3. The SMILES string of the molecule is O=C(NCC#Cc1c(C(F)(F)F)nc[nH]c1=O)OCC1c2ccccc2-c2ccccc21. The highest BCUT2D eigenvalue weighted by atomic mass is 19.4. The number of aromatic amines is 1. The maximum atomic E-state index is 13.0. The molecule has 6 nitrogen and oxygen atoms in total. The van der Waals surface area contributed by atoms with E-state index in [0.29, 0.717) is 6.33 Å². The first-order valence-corrected chi connectivity index (χ1v) is 9.59. The number of benzene rings is 2. The molecule has 0 aliphatic heterocycles. The molecule has 0 fully saturated rings. The minimum Gasteiger partial charge on any atom is -0.449 e. The molecule has 2 N–H and O–H groups in total. The van der Waals surface area contributed by atoms with E-state index in [1.807, 2.05) is 53.5 Å². The van der Waals surface area contributed by atoms with Crippen molar-refractivity contribution in [3.63, 3.8) is 0 Å². The molecule has 0 bridgehead atoms. The zero-order chi connectivity index (χ0) is 22.7. The van der Waals surface area contributed by atoms with Crippen molar-refractivity contribution < 1.29 is 22.7 Å². The number of hydrogen-bond acceptors (Lipinski definition) is 4. The van der Waals surface area contributed by atoms with Crippen molar-refractivity contribution in [3.05, 3.63) is 87.6 Å². The summed E-state index contributed by atoms with van der Waals surface area (Å²) in [4.78, 5) is 28.9. The molecule has 0 unspecified atom stereocenters. The van der Waals surface area contributed by atoms with Crippen LogP contribution < -0.4 is 10.9 Å². The van der Waals surface area contributed by atoms with E-state index in [0.717, 1.165) is 22.3 Å². The van der Waals surface area contributed by atoms with Crippen LogP contribution in [0.1, 0.15) is 28.3 Å². The molecule has 32 heavy (non-hydrogen) atoms. The van der Waals surface area contributed by atoms with E-state index in [-0.39, 0.29) is 19.1 Å². The number of halogens is 3. The molecule has 1 aromatic heterocycles. The summed E-state index contributed by atoms with van der Waals surface area (Å²) in [6, 6.07) is 15.7. The van der Waals surface area contributed by atoms with E-state index in [2.05, 4.69) is 22.1 Å². The quantitative estimate of drug-likeness (QED) is 0.610. The summed E-state index contributed by atoms with van der Waals surface area (Å²) in [6.45, 7) is -0.212. The van der Waals surface area contributed by atoms with Gasteiger partial charge in [0.1, 0.15) is 12.2 Å². The molecule has 162 valence electrons. The third-order valence-electron chi connectivity index (χ3n) is 5.00. The molecule has 9 heteroatoms. The van der Waals surface area contributed by atoms with Crippen molar-refractivity contribution in [2.75, 3.05) is 13.2 Å². The van der Waals surface area contributed by atoms with Gasteiger partial charge in [-0.2, -0.15) is 13.2 Å². The molecule has 1 heterocycles. The molecule has 0 spiro atoms. The van der Waals surface area contributed by atoms with Crippen LogP contribution in [0.25, 0.3) is 11.1 Å². The summed E-state index contributed by atoms with van der Waals surface area (Å²) in [5.74, 6) is 4.32. The first kappa shape index (κ1) is 21.2. The Hall–Kier alpha value is -4.06. The first-order valence-electron chi connectivity index (χ1n) is 9.59. The van der Waals surface area contributed by atoms with Crippen LogP contribution in [0.2, 0.25) is 0 Å². The highest BCUT2D eigenvalue weighted by Crippen LogP contribution is 2.44. The Morgan fingerprint density at radius 3 is 2.34 bits per heavy atom. The van der Waals surface area contributed by atoms with Gasteiger partial charge >= 0.3 is 12.3 Å². The lowest BCUT2D eigenvalue weighted by Crippen LogP contribution is -2.26. The number of nitrogens with one attached hydrogen (secondary N) is 2. The number of H-pyrrole nitrogens is 1. The second kappa shape index (κ2) is 8.59. The van der Waals surface area contributed by atoms with E-state index in [9.17, 15) is 22.8 Å². The number of hydrogen-bond donors (Lipinski definition) is 2. The van der Waals surface area contributed by atoms with Gasteiger partial charge in [0.25, 0.3) is 5.56 Å². The Bertz CT molecular complexity index is 1240. The Morgan fingerprint density at radius 1 is 1.09 bits per heavy atom. The van der Waals surface area contributed by atoms with E-state index in [1.54, 1.807) is 0 Å². The molecule has 0 atom stereocenters. The van der Waals surface area contributed by atoms with Crippen molar-refractivity contribution in [1.82, 2.24) is 15.3 Å². The molecule has 0 saturated heterocycles. The third kappa shape index (κ3) is 4.21. The second-order valence-corrected chi connectivity index (χ2v) is 6.93. The Morgan fingerprint density at radius 2 is 1.72 bits per heavy atom. The molecule has 1 aliphatic rings. The smallest absolute Gasteiger partial charge is 0.434 e. The van der Waals surface area contributed by atoms with Crippen molar-refractivity contribution in [1.29, 1.82) is 0 Å². The monoisotopic (exact) mass is 439 g/mol. The van der Waals surface area contributed by atoms with Gasteiger partial charge < -0.3 is 15.0 Å². The summed E-state index contributed by atoms with van der Waals surface area (Å²) in [7, 11) is 0. The first-order chi connectivity index (χ1) is 15.4. The second-order valence-electron chi connectivity index (χ2n) is 6.93. The minimum atomic E-state index is -4.82. The van der Waals surface area contributed by atoms with Crippen molar-refractivity contribution in [2.24, 2.45) is 0 Å². The van der Waals surface area contributed by atoms with Gasteiger partial charge in [0, 0.05) is 5.92 Å². The number of amides is 1. The fraction of sp³-hybridized carbons (Fsp3) is 0.174. The molecular formula is C23H16F3N3O3. The Labute approximate surface area is 180 Å². The van der Waals surface area contributed by atoms with Crippen LogP contribution >= 0.6 is 0 Å². The molecule has 0 saturated carbocycles. The molecular weight excluding hydrogens is 423 g/mol. The van der Waals surface area contributed by atoms with E-state index < -0.39 is 29.1 Å². The highest BCUT2D eigenvalue weighted by molar-refractivity contribution is 5.79. The zero-order valence-electron chi connectivity index (χ0n) is 16.5. The summed E-state index contributed by atoms with van der Waals surface area (Å²) in [5.41, 5.74) is 1.08. The largest absolute Gasteiger partial charge is 0.449 e. The van der Waals surface area contributed by atoms with Crippen molar-refractivity contribution in [3.8, 4) is 23.0 Å². The van der Waals surface area contributed by atoms with E-state index in [1.165, 1.54) is 0 Å². The van der Waals surface area contributed by atoms with Gasteiger partial charge in [-0.05, 0) is 22.3 Å². The van der Waals surface area contributed by atoms with Crippen LogP contribution in [-0.4, -0.2) is 29.2 Å². The number of aromatic nitrogens is 2. The third-order valence-corrected chi connectivity index (χ3v) is 5.00. The fourth-order valence-corrected chi connectivity index (χ4v) is 3.63. The van der Waals surface area contributed by atoms with Crippen LogP contribution in [-0.2, 0) is 10.9 Å². The van der Waals surface area contributed by atoms with Gasteiger partial charge in [-0.3, -0.25) is 4.79 Å². The number of nitrogens with zero attached hydrogens (tertiary/aromatic N) is 1. The average Bonchev–Trinajstić information content (AvgIpc) is 3.09. The van der Waals surface area contributed by atoms with Crippen LogP contribution in [0.5, 0.6) is 0 Å². The summed E-state index contributed by atoms with van der Waals surface area (Å²) < 4.78 is 44.2. The zero-order valence-corrected chi connectivity index (χ0v) is 16.5. The van der Waals surface area contributed by atoms with Gasteiger partial charge in [-0.25, -0.2) is 9.78 Å². The van der Waals surface area contributed by atoms with E-state index in [4.69, 9.17) is 4.74 Å². The van der Waals surface area contributed by atoms with Crippen LogP contribution in [0.15, 0.2) is 59.7 Å². The summed E-state index contributed by atoms with van der Waals surface area (Å²) >= 11 is 0. The molecule has 1 amide bonds. The number of alkyl halides is 3. The highest BCUT2D eigenvalue weighted by Gasteiger charge is 2.36. The molecule has 0 radical (unpaired) electrons. The summed E-state index contributed by atoms with van der Waals surface area (Å²) in [6.07, 6.45) is -4.93. The lowest BCUT2D eigenvalue weighted by atomic mass is 9.98. The number of carbonyl (C=O) groups is 1. The topological polar surface area (TPSA) is 84.1 Å². The molecule has 4 rings (SSSR count). The van der Waals surface area contributed by atoms with Crippen LogP contribution in [0, 0.1) is 11.8 Å². The van der Waals surface area contributed by atoms with Gasteiger partial charge in [-0.15, -0.1) is 0 Å². The molecule has 3 aromatic rings. The average molecular weight is 439 g/mol. The van der Waals surface area contributed by atoms with Crippen molar-refractivity contribution >= 4 is 6.09 Å². The summed E-state index contributed by atoms with van der Waals surface area (Å²) in [5, 5.41) is 2.35. The number of ether oxygens (including phenoxy) is 1. The number of alkyl carbamates (subject to hydrolysis) is 1. The fourth-order valence-electron chi connectivity index (χ4n) is 3.63. The molecule has 1 aliphatic carbocycles. The Balaban J connectivity index is 1.39.